The summed E-state index contributed by atoms with van der Waals surface area (Å²) in [7, 11) is 0. The van der Waals surface area contributed by atoms with Gasteiger partial charge in [-0.05, 0) is 42.7 Å². The van der Waals surface area contributed by atoms with Crippen LogP contribution in [0.15, 0.2) is 41.0 Å². The minimum Gasteiger partial charge on any atom is -0.261 e. The van der Waals surface area contributed by atoms with Crippen LogP contribution in [0.25, 0.3) is 0 Å². The van der Waals surface area contributed by atoms with Crippen molar-refractivity contribution in [2.24, 2.45) is 0 Å². The van der Waals surface area contributed by atoms with Crippen molar-refractivity contribution >= 4 is 27.5 Å². The van der Waals surface area contributed by atoms with Crippen LogP contribution < -0.4 is 0 Å². The number of rotatable bonds is 3. The Morgan fingerprint density at radius 2 is 2.06 bits per heavy atom. The molecule has 0 bridgehead atoms. The van der Waals surface area contributed by atoms with E-state index in [2.05, 4.69) is 59.0 Å². The maximum atomic E-state index is 6.50. The smallest absolute Gasteiger partial charge is 0.0651 e. The zero-order valence-electron chi connectivity index (χ0n) is 10.5. The molecule has 1 aromatic carbocycles. The van der Waals surface area contributed by atoms with Gasteiger partial charge in [0.25, 0.3) is 0 Å². The van der Waals surface area contributed by atoms with Gasteiger partial charge in [0.2, 0.25) is 0 Å². The molecule has 0 spiro atoms. The van der Waals surface area contributed by atoms with Gasteiger partial charge in [0.05, 0.1) is 5.38 Å². The fourth-order valence-corrected chi connectivity index (χ4v) is 3.14. The molecule has 2 rings (SSSR count). The van der Waals surface area contributed by atoms with E-state index in [1.165, 1.54) is 11.1 Å². The van der Waals surface area contributed by atoms with Crippen LogP contribution in [0.4, 0.5) is 0 Å². The number of hydrogen-bond donors (Lipinski definition) is 0. The summed E-state index contributed by atoms with van der Waals surface area (Å²) in [5, 5.41) is -0.0615. The molecule has 0 radical (unpaired) electrons. The summed E-state index contributed by atoms with van der Waals surface area (Å²) in [4.78, 5) is 4.39. The Morgan fingerprint density at radius 1 is 1.28 bits per heavy atom. The predicted molar refractivity (Wildman–Crippen MR) is 80.2 cm³/mol. The van der Waals surface area contributed by atoms with Crippen molar-refractivity contribution in [3.05, 3.63) is 63.4 Å². The highest BCUT2D eigenvalue weighted by atomic mass is 79.9. The summed E-state index contributed by atoms with van der Waals surface area (Å²) in [5.41, 5.74) is 4.59. The minimum absolute atomic E-state index is 0.0615. The molecule has 0 saturated carbocycles. The van der Waals surface area contributed by atoms with E-state index in [0.717, 1.165) is 22.2 Å². The van der Waals surface area contributed by atoms with Crippen LogP contribution in [-0.2, 0) is 6.42 Å². The van der Waals surface area contributed by atoms with E-state index < -0.39 is 0 Å². The summed E-state index contributed by atoms with van der Waals surface area (Å²) in [5.74, 6) is 0. The van der Waals surface area contributed by atoms with Crippen LogP contribution in [-0.4, -0.2) is 4.98 Å². The third kappa shape index (κ3) is 3.12. The first-order chi connectivity index (χ1) is 8.58. The summed E-state index contributed by atoms with van der Waals surface area (Å²) >= 11 is 10.1. The van der Waals surface area contributed by atoms with E-state index in [1.54, 1.807) is 0 Å². The fraction of sp³-hybridized carbons (Fsp3) is 0.267. The largest absolute Gasteiger partial charge is 0.261 e. The fourth-order valence-electron chi connectivity index (χ4n) is 1.90. The number of benzene rings is 1. The van der Waals surface area contributed by atoms with Crippen molar-refractivity contribution in [1.82, 2.24) is 4.98 Å². The Bertz CT molecular complexity index is 554. The van der Waals surface area contributed by atoms with Gasteiger partial charge in [0.15, 0.2) is 0 Å². The number of nitrogens with zero attached hydrogens (tertiary/aromatic N) is 1. The van der Waals surface area contributed by atoms with Gasteiger partial charge in [-0.3, -0.25) is 4.98 Å². The Kier molecular flexibility index (Phi) is 4.41. The minimum atomic E-state index is -0.0615. The zero-order chi connectivity index (χ0) is 13.1. The Morgan fingerprint density at radius 3 is 2.72 bits per heavy atom. The summed E-state index contributed by atoms with van der Waals surface area (Å²) in [6.07, 6.45) is 2.56. The molecule has 0 aliphatic carbocycles. The molecule has 0 N–H and O–H groups in total. The summed E-state index contributed by atoms with van der Waals surface area (Å²) in [6, 6.07) is 10.3. The first-order valence-corrected chi connectivity index (χ1v) is 7.11. The Hall–Kier alpha value is -0.860. The number of aryl methyl sites for hydroxylation is 2. The number of hydrogen-bond acceptors (Lipinski definition) is 1. The van der Waals surface area contributed by atoms with Crippen LogP contribution in [0.1, 0.15) is 27.8 Å². The summed E-state index contributed by atoms with van der Waals surface area (Å²) < 4.78 is 1.07. The second-order valence-electron chi connectivity index (χ2n) is 4.46. The second-order valence-corrected chi connectivity index (χ2v) is 5.84. The predicted octanol–water partition coefficient (Wildman–Crippen LogP) is 4.98. The molecular weight excluding hydrogens is 310 g/mol. The van der Waals surface area contributed by atoms with Gasteiger partial charge in [-0.25, -0.2) is 0 Å². The van der Waals surface area contributed by atoms with Gasteiger partial charge >= 0.3 is 0 Å². The van der Waals surface area contributed by atoms with Crippen molar-refractivity contribution in [3.8, 4) is 0 Å². The van der Waals surface area contributed by atoms with Crippen molar-refractivity contribution in [2.75, 3.05) is 0 Å². The van der Waals surface area contributed by atoms with Crippen LogP contribution in [0.5, 0.6) is 0 Å². The molecule has 3 heteroatoms. The molecule has 1 nitrogen and oxygen atoms in total. The van der Waals surface area contributed by atoms with Gasteiger partial charge in [-0.2, -0.15) is 0 Å². The standard InChI is InChI=1S/C15H15BrClN/c1-10-5-6-12(13(16)8-10)14(17)9-15-11(2)4-3-7-18-15/h3-8,14H,9H2,1-2H3. The third-order valence-corrected chi connectivity index (χ3v) is 4.06. The van der Waals surface area contributed by atoms with Crippen LogP contribution in [0, 0.1) is 13.8 Å². The Balaban J connectivity index is 2.22. The second kappa shape index (κ2) is 5.85. The highest BCUT2D eigenvalue weighted by Gasteiger charge is 2.14. The molecule has 0 aliphatic heterocycles. The van der Waals surface area contributed by atoms with Crippen molar-refractivity contribution in [1.29, 1.82) is 0 Å². The SMILES string of the molecule is Cc1ccc(C(Cl)Cc2ncccc2C)c(Br)c1. The van der Waals surface area contributed by atoms with Crippen LogP contribution in [0.2, 0.25) is 0 Å². The normalized spacial score (nSPS) is 12.4. The lowest BCUT2D eigenvalue weighted by Crippen LogP contribution is -2.01. The molecule has 1 unspecified atom stereocenters. The van der Waals surface area contributed by atoms with Crippen LogP contribution >= 0.6 is 27.5 Å². The molecule has 1 atom stereocenters. The molecule has 1 heterocycles. The maximum absolute atomic E-state index is 6.50. The van der Waals surface area contributed by atoms with Crippen molar-refractivity contribution in [3.63, 3.8) is 0 Å². The number of alkyl halides is 1. The first-order valence-electron chi connectivity index (χ1n) is 5.88. The quantitative estimate of drug-likeness (QED) is 0.725. The van der Waals surface area contributed by atoms with E-state index in [9.17, 15) is 0 Å². The monoisotopic (exact) mass is 323 g/mol. The van der Waals surface area contributed by atoms with Crippen molar-refractivity contribution in [2.45, 2.75) is 25.6 Å². The van der Waals surface area contributed by atoms with Crippen molar-refractivity contribution < 1.29 is 0 Å². The lowest BCUT2D eigenvalue weighted by Gasteiger charge is -2.13. The zero-order valence-corrected chi connectivity index (χ0v) is 12.8. The molecule has 0 aliphatic rings. The van der Waals surface area contributed by atoms with E-state index in [4.69, 9.17) is 11.6 Å². The van der Waals surface area contributed by atoms with E-state index in [-0.39, 0.29) is 5.38 Å². The maximum Gasteiger partial charge on any atom is 0.0651 e. The highest BCUT2D eigenvalue weighted by Crippen LogP contribution is 2.31. The topological polar surface area (TPSA) is 12.9 Å². The van der Waals surface area contributed by atoms with Gasteiger partial charge in [0, 0.05) is 22.8 Å². The lowest BCUT2D eigenvalue weighted by molar-refractivity contribution is 0.865. The number of pyridine rings is 1. The summed E-state index contributed by atoms with van der Waals surface area (Å²) in [6.45, 7) is 4.14. The average Bonchev–Trinajstić information content (AvgIpc) is 2.32. The third-order valence-electron chi connectivity index (χ3n) is 2.98. The highest BCUT2D eigenvalue weighted by molar-refractivity contribution is 9.10. The van der Waals surface area contributed by atoms with Crippen LogP contribution in [0.3, 0.4) is 0 Å². The van der Waals surface area contributed by atoms with E-state index >= 15 is 0 Å². The van der Waals surface area contributed by atoms with E-state index in [0.29, 0.717) is 0 Å². The average molecular weight is 325 g/mol. The first kappa shape index (κ1) is 13.6. The lowest BCUT2D eigenvalue weighted by atomic mass is 10.0. The van der Waals surface area contributed by atoms with Gasteiger partial charge in [-0.15, -0.1) is 11.6 Å². The molecular formula is C15H15BrClN. The molecule has 1 aromatic heterocycles. The molecule has 0 amide bonds. The van der Waals surface area contributed by atoms with E-state index in [1.807, 2.05) is 12.3 Å². The molecule has 0 fully saturated rings. The molecule has 2 aromatic rings. The van der Waals surface area contributed by atoms with Gasteiger partial charge in [-0.1, -0.05) is 34.1 Å². The Labute approximate surface area is 121 Å². The van der Waals surface area contributed by atoms with Gasteiger partial charge in [0.1, 0.15) is 0 Å². The molecule has 94 valence electrons. The van der Waals surface area contributed by atoms with Gasteiger partial charge < -0.3 is 0 Å². The molecule has 18 heavy (non-hydrogen) atoms. The number of aromatic nitrogens is 1. The molecule has 0 saturated heterocycles. The number of halogens is 2.